The smallest absolute Gasteiger partial charge is 0.264 e. The van der Waals surface area contributed by atoms with Crippen LogP contribution in [0.2, 0.25) is 0 Å². The van der Waals surface area contributed by atoms with E-state index in [9.17, 15) is 9.59 Å². The molecule has 2 heterocycles. The van der Waals surface area contributed by atoms with Crippen LogP contribution in [0, 0.1) is 12.8 Å². The summed E-state index contributed by atoms with van der Waals surface area (Å²) in [6, 6.07) is 3.84. The maximum atomic E-state index is 12.4. The fourth-order valence-corrected chi connectivity index (χ4v) is 2.87. The van der Waals surface area contributed by atoms with Crippen LogP contribution in [0.3, 0.4) is 0 Å². The molecule has 0 bridgehead atoms. The zero-order chi connectivity index (χ0) is 18.4. The third-order valence-electron chi connectivity index (χ3n) is 4.62. The number of hydrogen-bond donors (Lipinski definition) is 2. The van der Waals surface area contributed by atoms with E-state index >= 15 is 0 Å². The van der Waals surface area contributed by atoms with Crippen LogP contribution in [-0.2, 0) is 12.0 Å². The van der Waals surface area contributed by atoms with E-state index in [1.807, 2.05) is 32.9 Å². The summed E-state index contributed by atoms with van der Waals surface area (Å²) in [4.78, 5) is 31.8. The number of furan rings is 1. The van der Waals surface area contributed by atoms with Gasteiger partial charge in [0, 0.05) is 11.3 Å². The summed E-state index contributed by atoms with van der Waals surface area (Å²) < 4.78 is 5.77. The highest BCUT2D eigenvalue weighted by atomic mass is 16.3. The minimum atomic E-state index is -0.440. The van der Waals surface area contributed by atoms with E-state index in [1.54, 1.807) is 6.92 Å². The van der Waals surface area contributed by atoms with Gasteiger partial charge in [0.1, 0.15) is 22.9 Å². The highest BCUT2D eigenvalue weighted by Crippen LogP contribution is 2.47. The van der Waals surface area contributed by atoms with Crippen LogP contribution < -0.4 is 10.9 Å². The van der Waals surface area contributed by atoms with Crippen molar-refractivity contribution in [3.63, 3.8) is 0 Å². The first kappa shape index (κ1) is 17.5. The van der Waals surface area contributed by atoms with Crippen molar-refractivity contribution in [2.24, 2.45) is 5.92 Å². The van der Waals surface area contributed by atoms with Gasteiger partial charge in [0.2, 0.25) is 0 Å². The molecule has 1 amide bonds. The van der Waals surface area contributed by atoms with Gasteiger partial charge in [-0.05, 0) is 31.4 Å². The topological polar surface area (TPSA) is 88.0 Å². The maximum absolute atomic E-state index is 12.4. The summed E-state index contributed by atoms with van der Waals surface area (Å²) in [7, 11) is 0. The first-order valence-electron chi connectivity index (χ1n) is 8.65. The van der Waals surface area contributed by atoms with E-state index in [2.05, 4.69) is 22.2 Å². The lowest BCUT2D eigenvalue weighted by Crippen LogP contribution is -2.33. The molecule has 1 aliphatic rings. The van der Waals surface area contributed by atoms with Gasteiger partial charge in [0.25, 0.3) is 11.5 Å². The number of nitrogens with zero attached hydrogens (tertiary/aromatic N) is 1. The van der Waals surface area contributed by atoms with Gasteiger partial charge in [-0.25, -0.2) is 4.98 Å². The lowest BCUT2D eigenvalue weighted by atomic mass is 9.95. The molecule has 0 aromatic carbocycles. The van der Waals surface area contributed by atoms with Crippen molar-refractivity contribution in [1.29, 1.82) is 0 Å². The molecule has 1 aliphatic carbocycles. The molecule has 2 aromatic rings. The Morgan fingerprint density at radius 1 is 1.40 bits per heavy atom. The molecular weight excluding hydrogens is 318 g/mol. The van der Waals surface area contributed by atoms with Gasteiger partial charge in [0.05, 0.1) is 12.2 Å². The van der Waals surface area contributed by atoms with Gasteiger partial charge < -0.3 is 14.7 Å². The van der Waals surface area contributed by atoms with Gasteiger partial charge >= 0.3 is 0 Å². The van der Waals surface area contributed by atoms with E-state index < -0.39 is 11.5 Å². The average Bonchev–Trinajstić information content (AvgIpc) is 3.06. The van der Waals surface area contributed by atoms with Crippen molar-refractivity contribution < 1.29 is 9.21 Å². The zero-order valence-electron chi connectivity index (χ0n) is 15.4. The lowest BCUT2D eigenvalue weighted by molar-refractivity contribution is 0.0945. The molecular formula is C19H25N3O3. The molecule has 0 unspecified atom stereocenters. The third kappa shape index (κ3) is 3.67. The Morgan fingerprint density at radius 2 is 2.08 bits per heavy atom. The van der Waals surface area contributed by atoms with Gasteiger partial charge in [-0.2, -0.15) is 0 Å². The van der Waals surface area contributed by atoms with Crippen molar-refractivity contribution in [3.05, 3.63) is 51.1 Å². The molecule has 0 spiro atoms. The number of aryl methyl sites for hydroxylation is 1. The fraction of sp³-hybridized carbons (Fsp3) is 0.526. The van der Waals surface area contributed by atoms with E-state index in [0.29, 0.717) is 29.1 Å². The van der Waals surface area contributed by atoms with Gasteiger partial charge in [-0.1, -0.05) is 27.7 Å². The summed E-state index contributed by atoms with van der Waals surface area (Å²) in [5, 5.41) is 2.75. The molecule has 0 aliphatic heterocycles. The summed E-state index contributed by atoms with van der Waals surface area (Å²) in [5.41, 5.74) is -0.223. The van der Waals surface area contributed by atoms with Gasteiger partial charge in [-0.15, -0.1) is 0 Å². The molecule has 0 saturated heterocycles. The number of amides is 1. The second-order valence-corrected chi connectivity index (χ2v) is 7.93. The van der Waals surface area contributed by atoms with Crippen molar-refractivity contribution in [2.45, 2.75) is 58.9 Å². The summed E-state index contributed by atoms with van der Waals surface area (Å²) in [6.45, 7) is 10.00. The summed E-state index contributed by atoms with van der Waals surface area (Å²) in [5.74, 6) is 2.97. The number of rotatable bonds is 4. The minimum Gasteiger partial charge on any atom is -0.464 e. The number of H-pyrrole nitrogens is 1. The standard InChI is InChI=1S/C19H25N3O3/c1-10-8-13(10)14-7-6-12(25-14)9-20-16(23)15-11(2)21-18(19(3,4)5)22-17(15)24/h6-7,10,13H,8-9H2,1-5H3,(H,20,23)(H,21,22,24)/t10-,13+/m1/s1. The molecule has 2 aromatic heterocycles. The number of aromatic nitrogens is 2. The third-order valence-corrected chi connectivity index (χ3v) is 4.62. The molecule has 3 rings (SSSR count). The normalized spacial score (nSPS) is 19.7. The van der Waals surface area contributed by atoms with Crippen LogP contribution in [0.1, 0.15) is 73.4 Å². The van der Waals surface area contributed by atoms with Gasteiger partial charge in [0.15, 0.2) is 0 Å². The van der Waals surface area contributed by atoms with Crippen molar-refractivity contribution in [3.8, 4) is 0 Å². The van der Waals surface area contributed by atoms with Crippen LogP contribution in [0.5, 0.6) is 0 Å². The van der Waals surface area contributed by atoms with Gasteiger partial charge in [-0.3, -0.25) is 9.59 Å². The number of nitrogens with one attached hydrogen (secondary N) is 2. The van der Waals surface area contributed by atoms with Crippen LogP contribution in [0.4, 0.5) is 0 Å². The molecule has 134 valence electrons. The van der Waals surface area contributed by atoms with Crippen LogP contribution in [0.25, 0.3) is 0 Å². The van der Waals surface area contributed by atoms with E-state index in [-0.39, 0.29) is 17.5 Å². The largest absolute Gasteiger partial charge is 0.464 e. The Kier molecular flexibility index (Phi) is 4.31. The van der Waals surface area contributed by atoms with Crippen molar-refractivity contribution >= 4 is 5.91 Å². The first-order chi connectivity index (χ1) is 11.7. The molecule has 2 N–H and O–H groups in total. The Labute approximate surface area is 147 Å². The minimum absolute atomic E-state index is 0.0515. The molecule has 6 nitrogen and oxygen atoms in total. The Bertz CT molecular complexity index is 858. The molecule has 0 radical (unpaired) electrons. The summed E-state index contributed by atoms with van der Waals surface area (Å²) in [6.07, 6.45) is 1.15. The second-order valence-electron chi connectivity index (χ2n) is 7.93. The number of aromatic amines is 1. The molecule has 2 atom stereocenters. The lowest BCUT2D eigenvalue weighted by Gasteiger charge is -2.18. The van der Waals surface area contributed by atoms with E-state index in [1.165, 1.54) is 0 Å². The molecule has 1 fully saturated rings. The molecule has 6 heteroatoms. The monoisotopic (exact) mass is 343 g/mol. The predicted octanol–water partition coefficient (Wildman–Crippen LogP) is 3.02. The Balaban J connectivity index is 1.71. The SMILES string of the molecule is Cc1nc(C(C)(C)C)[nH]c(=O)c1C(=O)NCc1ccc([C@H]2C[C@H]2C)o1. The molecule has 1 saturated carbocycles. The number of hydrogen-bond acceptors (Lipinski definition) is 4. The fourth-order valence-electron chi connectivity index (χ4n) is 2.87. The zero-order valence-corrected chi connectivity index (χ0v) is 15.4. The van der Waals surface area contributed by atoms with Crippen molar-refractivity contribution in [2.75, 3.05) is 0 Å². The predicted molar refractivity (Wildman–Crippen MR) is 94.7 cm³/mol. The van der Waals surface area contributed by atoms with Crippen LogP contribution >= 0.6 is 0 Å². The summed E-state index contributed by atoms with van der Waals surface area (Å²) >= 11 is 0. The van der Waals surface area contributed by atoms with Crippen LogP contribution in [0.15, 0.2) is 21.3 Å². The van der Waals surface area contributed by atoms with E-state index in [0.717, 1.165) is 12.2 Å². The highest BCUT2D eigenvalue weighted by Gasteiger charge is 2.36. The van der Waals surface area contributed by atoms with Crippen LogP contribution in [-0.4, -0.2) is 15.9 Å². The molecule has 25 heavy (non-hydrogen) atoms. The first-order valence-corrected chi connectivity index (χ1v) is 8.65. The number of carbonyl (C=O) groups is 1. The Hall–Kier alpha value is -2.37. The Morgan fingerprint density at radius 3 is 2.64 bits per heavy atom. The second kappa shape index (κ2) is 6.17. The average molecular weight is 343 g/mol. The van der Waals surface area contributed by atoms with E-state index in [4.69, 9.17) is 4.42 Å². The highest BCUT2D eigenvalue weighted by molar-refractivity contribution is 5.94. The quantitative estimate of drug-likeness (QED) is 0.893. The number of carbonyl (C=O) groups excluding carboxylic acids is 1. The van der Waals surface area contributed by atoms with Crippen molar-refractivity contribution in [1.82, 2.24) is 15.3 Å². The maximum Gasteiger partial charge on any atom is 0.264 e.